The lowest BCUT2D eigenvalue weighted by molar-refractivity contribution is 0.246. The number of urea groups is 1. The molecule has 0 radical (unpaired) electrons. The van der Waals surface area contributed by atoms with Gasteiger partial charge in [-0.15, -0.1) is 0 Å². The Bertz CT molecular complexity index is 378. The summed E-state index contributed by atoms with van der Waals surface area (Å²) in [5, 5.41) is 5.20. The molecule has 1 aliphatic heterocycles. The molecule has 1 atom stereocenters. The van der Waals surface area contributed by atoms with E-state index in [9.17, 15) is 9.18 Å². The Morgan fingerprint density at radius 2 is 2.29 bits per heavy atom. The van der Waals surface area contributed by atoms with Crippen molar-refractivity contribution in [2.45, 2.75) is 19.4 Å². The van der Waals surface area contributed by atoms with Gasteiger partial charge in [-0.25, -0.2) is 9.18 Å². The maximum Gasteiger partial charge on any atom is 0.319 e. The SMILES string of the molecule is CCC1NC(=O)Nc2c(F)cccc21. The van der Waals surface area contributed by atoms with E-state index in [1.165, 1.54) is 6.07 Å². The summed E-state index contributed by atoms with van der Waals surface area (Å²) in [6.45, 7) is 1.95. The number of fused-ring (bicyclic) bond motifs is 1. The third-order valence-corrected chi connectivity index (χ3v) is 2.37. The number of carbonyl (C=O) groups is 1. The molecule has 1 aromatic carbocycles. The molecule has 2 N–H and O–H groups in total. The predicted molar refractivity (Wildman–Crippen MR) is 51.6 cm³/mol. The molecule has 0 aromatic heterocycles. The summed E-state index contributed by atoms with van der Waals surface area (Å²) in [6, 6.07) is 4.38. The number of amides is 2. The van der Waals surface area contributed by atoms with Crippen molar-refractivity contribution in [3.63, 3.8) is 0 Å². The van der Waals surface area contributed by atoms with Crippen LogP contribution >= 0.6 is 0 Å². The number of benzene rings is 1. The first-order valence-corrected chi connectivity index (χ1v) is 4.58. The molecule has 74 valence electrons. The van der Waals surface area contributed by atoms with Gasteiger partial charge in [0.25, 0.3) is 0 Å². The number of rotatable bonds is 1. The Labute approximate surface area is 81.3 Å². The minimum absolute atomic E-state index is 0.0885. The van der Waals surface area contributed by atoms with E-state index >= 15 is 0 Å². The summed E-state index contributed by atoms with van der Waals surface area (Å²) in [5.74, 6) is -0.379. The molecule has 1 heterocycles. The van der Waals surface area contributed by atoms with E-state index < -0.39 is 0 Å². The number of hydrogen-bond donors (Lipinski definition) is 2. The van der Waals surface area contributed by atoms with Gasteiger partial charge in [-0.05, 0) is 12.5 Å². The van der Waals surface area contributed by atoms with Crippen molar-refractivity contribution in [3.8, 4) is 0 Å². The molecule has 3 nitrogen and oxygen atoms in total. The van der Waals surface area contributed by atoms with Crippen molar-refractivity contribution >= 4 is 11.7 Å². The van der Waals surface area contributed by atoms with Gasteiger partial charge >= 0.3 is 6.03 Å². The Kier molecular flexibility index (Phi) is 2.11. The molecule has 2 amide bonds. The second-order valence-electron chi connectivity index (χ2n) is 3.26. The molecular weight excluding hydrogens is 183 g/mol. The molecule has 0 saturated heterocycles. The zero-order chi connectivity index (χ0) is 10.1. The number of halogens is 1. The van der Waals surface area contributed by atoms with Crippen LogP contribution in [-0.2, 0) is 0 Å². The first kappa shape index (κ1) is 8.99. The highest BCUT2D eigenvalue weighted by atomic mass is 19.1. The van der Waals surface area contributed by atoms with Crippen LogP contribution < -0.4 is 10.6 Å². The first-order chi connectivity index (χ1) is 6.72. The van der Waals surface area contributed by atoms with Gasteiger partial charge < -0.3 is 10.6 Å². The molecule has 2 rings (SSSR count). The smallest absolute Gasteiger partial charge is 0.319 e. The molecule has 1 unspecified atom stereocenters. The number of para-hydroxylation sites is 1. The minimum atomic E-state index is -0.379. The number of anilines is 1. The fourth-order valence-corrected chi connectivity index (χ4v) is 1.67. The van der Waals surface area contributed by atoms with Crippen LogP contribution in [0.2, 0.25) is 0 Å². The van der Waals surface area contributed by atoms with Gasteiger partial charge in [-0.1, -0.05) is 19.1 Å². The second-order valence-corrected chi connectivity index (χ2v) is 3.26. The second kappa shape index (κ2) is 3.29. The zero-order valence-corrected chi connectivity index (χ0v) is 7.80. The Morgan fingerprint density at radius 1 is 1.50 bits per heavy atom. The highest BCUT2D eigenvalue weighted by Crippen LogP contribution is 2.30. The van der Waals surface area contributed by atoms with Crippen LogP contribution in [0.15, 0.2) is 18.2 Å². The van der Waals surface area contributed by atoms with Crippen molar-refractivity contribution in [1.29, 1.82) is 0 Å². The Morgan fingerprint density at radius 3 is 3.00 bits per heavy atom. The van der Waals surface area contributed by atoms with Crippen molar-refractivity contribution in [3.05, 3.63) is 29.6 Å². The molecule has 1 aromatic rings. The first-order valence-electron chi connectivity index (χ1n) is 4.58. The molecule has 0 fully saturated rings. The zero-order valence-electron chi connectivity index (χ0n) is 7.80. The summed E-state index contributed by atoms with van der Waals surface area (Å²) in [7, 11) is 0. The van der Waals surface area contributed by atoms with Gasteiger partial charge in [0, 0.05) is 5.56 Å². The lowest BCUT2D eigenvalue weighted by atomic mass is 10.0. The molecule has 0 saturated carbocycles. The molecule has 14 heavy (non-hydrogen) atoms. The average Bonchev–Trinajstić information content (AvgIpc) is 2.18. The van der Waals surface area contributed by atoms with Gasteiger partial charge in [0.2, 0.25) is 0 Å². The standard InChI is InChI=1S/C10H11FN2O/c1-2-8-6-4-3-5-7(11)9(6)13-10(14)12-8/h3-5,8H,2H2,1H3,(H2,12,13,14). The molecule has 0 spiro atoms. The predicted octanol–water partition coefficient (Wildman–Crippen LogP) is 2.41. The van der Waals surface area contributed by atoms with Crippen LogP contribution in [0.5, 0.6) is 0 Å². The molecule has 1 aliphatic rings. The maximum absolute atomic E-state index is 13.3. The van der Waals surface area contributed by atoms with E-state index in [0.717, 1.165) is 12.0 Å². The van der Waals surface area contributed by atoms with Crippen LogP contribution in [-0.4, -0.2) is 6.03 Å². The summed E-state index contributed by atoms with van der Waals surface area (Å²) in [6.07, 6.45) is 0.754. The van der Waals surface area contributed by atoms with Gasteiger partial charge in [-0.3, -0.25) is 0 Å². The van der Waals surface area contributed by atoms with E-state index in [0.29, 0.717) is 5.69 Å². The summed E-state index contributed by atoms with van der Waals surface area (Å²) < 4.78 is 13.3. The molecule has 0 bridgehead atoms. The lowest BCUT2D eigenvalue weighted by Crippen LogP contribution is -2.37. The molecular formula is C10H11FN2O. The molecule has 0 aliphatic carbocycles. The maximum atomic E-state index is 13.3. The topological polar surface area (TPSA) is 41.1 Å². The van der Waals surface area contributed by atoms with Crippen molar-refractivity contribution < 1.29 is 9.18 Å². The molecule has 4 heteroatoms. The van der Waals surface area contributed by atoms with Crippen molar-refractivity contribution in [2.24, 2.45) is 0 Å². The quantitative estimate of drug-likeness (QED) is 0.708. The Hall–Kier alpha value is -1.58. The highest BCUT2D eigenvalue weighted by molar-refractivity contribution is 5.93. The van der Waals surface area contributed by atoms with E-state index in [4.69, 9.17) is 0 Å². The fraction of sp³-hybridized carbons (Fsp3) is 0.300. The van der Waals surface area contributed by atoms with E-state index in [2.05, 4.69) is 10.6 Å². The van der Waals surface area contributed by atoms with Crippen LogP contribution in [0.3, 0.4) is 0 Å². The number of carbonyl (C=O) groups excluding carboxylic acids is 1. The van der Waals surface area contributed by atoms with E-state index in [-0.39, 0.29) is 17.9 Å². The van der Waals surface area contributed by atoms with Gasteiger partial charge in [0.15, 0.2) is 0 Å². The van der Waals surface area contributed by atoms with Crippen LogP contribution in [0, 0.1) is 5.82 Å². The third-order valence-electron chi connectivity index (χ3n) is 2.37. The third kappa shape index (κ3) is 1.32. The van der Waals surface area contributed by atoms with Crippen LogP contribution in [0.1, 0.15) is 24.9 Å². The van der Waals surface area contributed by atoms with E-state index in [1.54, 1.807) is 6.07 Å². The minimum Gasteiger partial charge on any atom is -0.331 e. The fourth-order valence-electron chi connectivity index (χ4n) is 1.67. The lowest BCUT2D eigenvalue weighted by Gasteiger charge is -2.26. The van der Waals surface area contributed by atoms with Crippen LogP contribution in [0.25, 0.3) is 0 Å². The number of nitrogens with one attached hydrogen (secondary N) is 2. The summed E-state index contributed by atoms with van der Waals surface area (Å²) in [4.78, 5) is 11.2. The summed E-state index contributed by atoms with van der Waals surface area (Å²) >= 11 is 0. The Balaban J connectivity index is 2.50. The number of hydrogen-bond acceptors (Lipinski definition) is 1. The monoisotopic (exact) mass is 194 g/mol. The van der Waals surface area contributed by atoms with Gasteiger partial charge in [0.05, 0.1) is 11.7 Å². The van der Waals surface area contributed by atoms with Gasteiger partial charge in [0.1, 0.15) is 5.82 Å². The normalized spacial score (nSPS) is 19.6. The summed E-state index contributed by atoms with van der Waals surface area (Å²) in [5.41, 5.74) is 1.12. The average molecular weight is 194 g/mol. The largest absolute Gasteiger partial charge is 0.331 e. The van der Waals surface area contributed by atoms with Crippen LogP contribution in [0.4, 0.5) is 14.9 Å². The van der Waals surface area contributed by atoms with E-state index in [1.807, 2.05) is 13.0 Å². The van der Waals surface area contributed by atoms with Crippen molar-refractivity contribution in [1.82, 2.24) is 5.32 Å². The van der Waals surface area contributed by atoms with Gasteiger partial charge in [-0.2, -0.15) is 0 Å². The highest BCUT2D eigenvalue weighted by Gasteiger charge is 2.24. The van der Waals surface area contributed by atoms with Crippen molar-refractivity contribution in [2.75, 3.05) is 5.32 Å².